The number of anilines is 1. The van der Waals surface area contributed by atoms with Gasteiger partial charge >= 0.3 is 0 Å². The number of benzene rings is 1. The molecule has 2 nitrogen and oxygen atoms in total. The highest BCUT2D eigenvalue weighted by molar-refractivity contribution is 9.10. The Labute approximate surface area is 111 Å². The molecule has 0 N–H and O–H groups in total. The average molecular weight is 301 g/mol. The Bertz CT molecular complexity index is 320. The highest BCUT2D eigenvalue weighted by Gasteiger charge is 2.15. The summed E-state index contributed by atoms with van der Waals surface area (Å²) in [7, 11) is 0. The Morgan fingerprint density at radius 2 is 1.69 bits per heavy atom. The van der Waals surface area contributed by atoms with Gasteiger partial charge < -0.3 is 4.90 Å². The van der Waals surface area contributed by atoms with E-state index in [0.29, 0.717) is 0 Å². The fourth-order valence-corrected chi connectivity index (χ4v) is 2.57. The lowest BCUT2D eigenvalue weighted by Crippen LogP contribution is -2.46. The molecule has 0 amide bonds. The van der Waals surface area contributed by atoms with Crippen LogP contribution in [0.3, 0.4) is 0 Å². The molecule has 0 aromatic heterocycles. The second-order valence-electron chi connectivity index (χ2n) is 4.03. The third-order valence-corrected chi connectivity index (χ3v) is 3.71. The number of piperazine rings is 1. The van der Waals surface area contributed by atoms with Gasteiger partial charge in [-0.1, -0.05) is 15.9 Å². The van der Waals surface area contributed by atoms with E-state index in [-0.39, 0.29) is 0 Å². The summed E-state index contributed by atoms with van der Waals surface area (Å²) in [6, 6.07) is 8.57. The molecule has 0 radical (unpaired) electrons. The summed E-state index contributed by atoms with van der Waals surface area (Å²) >= 11 is 7.74. The SMILES string of the molecule is SCCN1CCN(c2ccc(Br)cc2)CC1. The Balaban J connectivity index is 1.91. The van der Waals surface area contributed by atoms with Gasteiger partial charge in [-0.15, -0.1) is 0 Å². The molecular weight excluding hydrogens is 284 g/mol. The summed E-state index contributed by atoms with van der Waals surface area (Å²) < 4.78 is 1.14. The zero-order valence-electron chi connectivity index (χ0n) is 9.27. The number of hydrogen-bond acceptors (Lipinski definition) is 3. The molecule has 1 heterocycles. The molecule has 0 saturated carbocycles. The summed E-state index contributed by atoms with van der Waals surface area (Å²) in [6.45, 7) is 5.65. The average Bonchev–Trinajstić information content (AvgIpc) is 2.32. The Morgan fingerprint density at radius 3 is 2.25 bits per heavy atom. The molecule has 1 saturated heterocycles. The van der Waals surface area contributed by atoms with Crippen LogP contribution in [0.2, 0.25) is 0 Å². The van der Waals surface area contributed by atoms with Crippen LogP contribution in [0.1, 0.15) is 0 Å². The Kier molecular flexibility index (Phi) is 4.55. The van der Waals surface area contributed by atoms with E-state index in [1.54, 1.807) is 0 Å². The molecule has 1 aromatic rings. The van der Waals surface area contributed by atoms with Gasteiger partial charge in [-0.2, -0.15) is 12.6 Å². The first kappa shape index (κ1) is 12.3. The topological polar surface area (TPSA) is 6.48 Å². The van der Waals surface area contributed by atoms with E-state index < -0.39 is 0 Å². The van der Waals surface area contributed by atoms with Gasteiger partial charge in [0.25, 0.3) is 0 Å². The lowest BCUT2D eigenvalue weighted by Gasteiger charge is -2.35. The molecule has 0 spiro atoms. The maximum atomic E-state index is 4.27. The van der Waals surface area contributed by atoms with Crippen LogP contribution in [0.15, 0.2) is 28.7 Å². The standard InChI is InChI=1S/C12H17BrN2S/c13-11-1-3-12(4-2-11)15-7-5-14(6-8-15)9-10-16/h1-4,16H,5-10H2. The van der Waals surface area contributed by atoms with Crippen molar-refractivity contribution in [2.75, 3.05) is 43.4 Å². The summed E-state index contributed by atoms with van der Waals surface area (Å²) in [6.07, 6.45) is 0. The third-order valence-electron chi connectivity index (χ3n) is 2.98. The minimum Gasteiger partial charge on any atom is -0.369 e. The fourth-order valence-electron chi connectivity index (χ4n) is 2.02. The van der Waals surface area contributed by atoms with Crippen molar-refractivity contribution in [2.45, 2.75) is 0 Å². The second-order valence-corrected chi connectivity index (χ2v) is 5.39. The fraction of sp³-hybridized carbons (Fsp3) is 0.500. The van der Waals surface area contributed by atoms with Crippen LogP contribution in [0, 0.1) is 0 Å². The van der Waals surface area contributed by atoms with Crippen molar-refractivity contribution in [1.82, 2.24) is 4.90 Å². The van der Waals surface area contributed by atoms with E-state index in [1.165, 1.54) is 5.69 Å². The van der Waals surface area contributed by atoms with Gasteiger partial charge in [-0.05, 0) is 24.3 Å². The van der Waals surface area contributed by atoms with E-state index in [0.717, 1.165) is 42.9 Å². The van der Waals surface area contributed by atoms with Crippen molar-refractivity contribution >= 4 is 34.2 Å². The van der Waals surface area contributed by atoms with E-state index in [1.807, 2.05) is 0 Å². The van der Waals surface area contributed by atoms with Crippen molar-refractivity contribution in [3.8, 4) is 0 Å². The summed E-state index contributed by atoms with van der Waals surface area (Å²) in [4.78, 5) is 4.92. The molecule has 16 heavy (non-hydrogen) atoms. The Hall–Kier alpha value is -0.190. The first-order valence-corrected chi connectivity index (χ1v) is 7.06. The zero-order chi connectivity index (χ0) is 11.4. The van der Waals surface area contributed by atoms with Crippen LogP contribution >= 0.6 is 28.6 Å². The summed E-state index contributed by atoms with van der Waals surface area (Å²) in [5.74, 6) is 0.957. The van der Waals surface area contributed by atoms with Crippen molar-refractivity contribution in [1.29, 1.82) is 0 Å². The van der Waals surface area contributed by atoms with E-state index in [9.17, 15) is 0 Å². The molecular formula is C12H17BrN2S. The largest absolute Gasteiger partial charge is 0.369 e. The highest BCUT2D eigenvalue weighted by atomic mass is 79.9. The van der Waals surface area contributed by atoms with Crippen LogP contribution in [-0.4, -0.2) is 43.4 Å². The summed E-state index contributed by atoms with van der Waals surface area (Å²) in [5, 5.41) is 0. The summed E-state index contributed by atoms with van der Waals surface area (Å²) in [5.41, 5.74) is 1.33. The Morgan fingerprint density at radius 1 is 1.06 bits per heavy atom. The molecule has 0 unspecified atom stereocenters. The maximum Gasteiger partial charge on any atom is 0.0367 e. The smallest absolute Gasteiger partial charge is 0.0367 e. The molecule has 0 aliphatic carbocycles. The normalized spacial score (nSPS) is 17.8. The highest BCUT2D eigenvalue weighted by Crippen LogP contribution is 2.19. The minimum atomic E-state index is 0.957. The van der Waals surface area contributed by atoms with Gasteiger partial charge in [0.2, 0.25) is 0 Å². The van der Waals surface area contributed by atoms with Crippen LogP contribution in [0.5, 0.6) is 0 Å². The minimum absolute atomic E-state index is 0.957. The van der Waals surface area contributed by atoms with Crippen LogP contribution in [0.4, 0.5) is 5.69 Å². The van der Waals surface area contributed by atoms with Crippen molar-refractivity contribution in [3.05, 3.63) is 28.7 Å². The maximum absolute atomic E-state index is 4.27. The van der Waals surface area contributed by atoms with Crippen molar-refractivity contribution in [2.24, 2.45) is 0 Å². The monoisotopic (exact) mass is 300 g/mol. The first-order chi connectivity index (χ1) is 7.79. The molecule has 0 bridgehead atoms. The molecule has 1 aliphatic heterocycles. The predicted molar refractivity (Wildman–Crippen MR) is 76.6 cm³/mol. The second kappa shape index (κ2) is 5.94. The van der Waals surface area contributed by atoms with E-state index in [4.69, 9.17) is 0 Å². The van der Waals surface area contributed by atoms with Gasteiger partial charge in [0.15, 0.2) is 0 Å². The molecule has 4 heteroatoms. The number of thiol groups is 1. The van der Waals surface area contributed by atoms with Gasteiger partial charge in [0.05, 0.1) is 0 Å². The van der Waals surface area contributed by atoms with Crippen LogP contribution in [-0.2, 0) is 0 Å². The van der Waals surface area contributed by atoms with Crippen molar-refractivity contribution < 1.29 is 0 Å². The number of hydrogen-bond donors (Lipinski definition) is 1. The zero-order valence-corrected chi connectivity index (χ0v) is 11.8. The molecule has 2 rings (SSSR count). The number of nitrogens with zero attached hydrogens (tertiary/aromatic N) is 2. The lowest BCUT2D eigenvalue weighted by molar-refractivity contribution is 0.273. The number of rotatable bonds is 3. The van der Waals surface area contributed by atoms with Gasteiger partial charge in [0, 0.05) is 48.6 Å². The van der Waals surface area contributed by atoms with Gasteiger partial charge in [0.1, 0.15) is 0 Å². The first-order valence-electron chi connectivity index (χ1n) is 5.63. The third kappa shape index (κ3) is 3.15. The molecule has 1 fully saturated rings. The van der Waals surface area contributed by atoms with Gasteiger partial charge in [-0.3, -0.25) is 4.90 Å². The predicted octanol–water partition coefficient (Wildman–Crippen LogP) is 2.50. The molecule has 1 aliphatic rings. The lowest BCUT2D eigenvalue weighted by atomic mass is 10.2. The molecule has 88 valence electrons. The number of halogens is 1. The van der Waals surface area contributed by atoms with E-state index >= 15 is 0 Å². The molecule has 0 atom stereocenters. The van der Waals surface area contributed by atoms with Crippen LogP contribution in [0.25, 0.3) is 0 Å². The van der Waals surface area contributed by atoms with E-state index in [2.05, 4.69) is 62.6 Å². The van der Waals surface area contributed by atoms with Crippen molar-refractivity contribution in [3.63, 3.8) is 0 Å². The van der Waals surface area contributed by atoms with Gasteiger partial charge in [-0.25, -0.2) is 0 Å². The quantitative estimate of drug-likeness (QED) is 0.857. The van der Waals surface area contributed by atoms with Crippen LogP contribution < -0.4 is 4.90 Å². The molecule has 1 aromatic carbocycles.